The van der Waals surface area contributed by atoms with Gasteiger partial charge >= 0.3 is 0 Å². The summed E-state index contributed by atoms with van der Waals surface area (Å²) in [6.07, 6.45) is 0.350. The predicted molar refractivity (Wildman–Crippen MR) is 53.4 cm³/mol. The molecule has 0 aliphatic carbocycles. The second-order valence-corrected chi connectivity index (χ2v) is 3.05. The van der Waals surface area contributed by atoms with Crippen molar-refractivity contribution < 1.29 is 4.79 Å². The number of likely N-dealkylation sites (N-methyl/N-ethyl adjacent to an activating group) is 1. The molecule has 0 aliphatic heterocycles. The van der Waals surface area contributed by atoms with E-state index >= 15 is 0 Å². The minimum atomic E-state index is -0.0180. The maximum atomic E-state index is 11.1. The molecule has 3 nitrogen and oxygen atoms in total. The molecule has 1 aromatic carbocycles. The number of hydrogen-bond donors (Lipinski definition) is 2. The van der Waals surface area contributed by atoms with Gasteiger partial charge in [-0.3, -0.25) is 4.79 Å². The van der Waals surface area contributed by atoms with Gasteiger partial charge in [-0.1, -0.05) is 12.1 Å². The van der Waals surface area contributed by atoms with Crippen LogP contribution in [0.3, 0.4) is 0 Å². The Labute approximate surface area is 77.9 Å². The van der Waals surface area contributed by atoms with Crippen LogP contribution < -0.4 is 11.1 Å². The van der Waals surface area contributed by atoms with Crippen LogP contribution in [0.15, 0.2) is 18.2 Å². The maximum absolute atomic E-state index is 11.1. The minimum absolute atomic E-state index is 0.0180. The van der Waals surface area contributed by atoms with Crippen molar-refractivity contribution in [3.63, 3.8) is 0 Å². The number of amides is 1. The largest absolute Gasteiger partial charge is 0.398 e. The SMILES string of the molecule is CNC(=O)Cc1ccc(C)cc1N. The van der Waals surface area contributed by atoms with Crippen molar-refractivity contribution in [2.24, 2.45) is 0 Å². The summed E-state index contributed by atoms with van der Waals surface area (Å²) >= 11 is 0. The second kappa shape index (κ2) is 3.94. The summed E-state index contributed by atoms with van der Waals surface area (Å²) in [5.74, 6) is -0.0180. The van der Waals surface area contributed by atoms with Gasteiger partial charge in [0.25, 0.3) is 0 Å². The van der Waals surface area contributed by atoms with Crippen LogP contribution >= 0.6 is 0 Å². The van der Waals surface area contributed by atoms with Crippen molar-refractivity contribution in [2.75, 3.05) is 12.8 Å². The van der Waals surface area contributed by atoms with Gasteiger partial charge in [0.1, 0.15) is 0 Å². The fourth-order valence-corrected chi connectivity index (χ4v) is 1.14. The lowest BCUT2D eigenvalue weighted by Crippen LogP contribution is -2.20. The van der Waals surface area contributed by atoms with Crippen LogP contribution in [0.4, 0.5) is 5.69 Å². The Morgan fingerprint density at radius 1 is 1.54 bits per heavy atom. The van der Waals surface area contributed by atoms with Gasteiger partial charge in [-0.05, 0) is 24.1 Å². The zero-order chi connectivity index (χ0) is 9.84. The molecule has 0 fully saturated rings. The Hall–Kier alpha value is -1.51. The van der Waals surface area contributed by atoms with Gasteiger partial charge in [-0.2, -0.15) is 0 Å². The number of nitrogens with two attached hydrogens (primary N) is 1. The number of hydrogen-bond acceptors (Lipinski definition) is 2. The topological polar surface area (TPSA) is 55.1 Å². The molecule has 1 aromatic rings. The smallest absolute Gasteiger partial charge is 0.224 e. The molecule has 1 rings (SSSR count). The molecule has 0 radical (unpaired) electrons. The Bertz CT molecular complexity index is 321. The van der Waals surface area contributed by atoms with Crippen molar-refractivity contribution in [3.05, 3.63) is 29.3 Å². The van der Waals surface area contributed by atoms with Gasteiger partial charge in [0, 0.05) is 12.7 Å². The highest BCUT2D eigenvalue weighted by Crippen LogP contribution is 2.13. The average Bonchev–Trinajstić information content (AvgIpc) is 2.09. The second-order valence-electron chi connectivity index (χ2n) is 3.05. The van der Waals surface area contributed by atoms with E-state index in [9.17, 15) is 4.79 Å². The molecule has 0 aromatic heterocycles. The highest BCUT2D eigenvalue weighted by atomic mass is 16.1. The maximum Gasteiger partial charge on any atom is 0.224 e. The molecule has 1 amide bonds. The van der Waals surface area contributed by atoms with E-state index in [0.717, 1.165) is 11.1 Å². The fourth-order valence-electron chi connectivity index (χ4n) is 1.14. The fraction of sp³-hybridized carbons (Fsp3) is 0.300. The van der Waals surface area contributed by atoms with Crippen LogP contribution in [-0.4, -0.2) is 13.0 Å². The number of anilines is 1. The molecule has 13 heavy (non-hydrogen) atoms. The lowest BCUT2D eigenvalue weighted by molar-refractivity contribution is -0.119. The van der Waals surface area contributed by atoms with Crippen molar-refractivity contribution in [1.82, 2.24) is 5.32 Å². The summed E-state index contributed by atoms with van der Waals surface area (Å²) in [6, 6.07) is 5.72. The van der Waals surface area contributed by atoms with E-state index < -0.39 is 0 Å². The standard InChI is InChI=1S/C10H14N2O/c1-7-3-4-8(9(11)5-7)6-10(13)12-2/h3-5H,6,11H2,1-2H3,(H,12,13). The number of carbonyl (C=O) groups is 1. The van der Waals surface area contributed by atoms with Crippen molar-refractivity contribution in [3.8, 4) is 0 Å². The minimum Gasteiger partial charge on any atom is -0.398 e. The molecule has 3 heteroatoms. The number of carbonyl (C=O) groups excluding carboxylic acids is 1. The van der Waals surface area contributed by atoms with Gasteiger partial charge in [0.15, 0.2) is 0 Å². The first-order valence-corrected chi connectivity index (χ1v) is 4.19. The first-order valence-electron chi connectivity index (χ1n) is 4.19. The molecule has 0 saturated heterocycles. The van der Waals surface area contributed by atoms with E-state index in [0.29, 0.717) is 12.1 Å². The zero-order valence-electron chi connectivity index (χ0n) is 7.92. The van der Waals surface area contributed by atoms with Crippen LogP contribution in [0.25, 0.3) is 0 Å². The quantitative estimate of drug-likeness (QED) is 0.660. The highest BCUT2D eigenvalue weighted by Gasteiger charge is 2.03. The number of rotatable bonds is 2. The Morgan fingerprint density at radius 3 is 2.77 bits per heavy atom. The molecule has 70 valence electrons. The average molecular weight is 178 g/mol. The summed E-state index contributed by atoms with van der Waals surface area (Å²) in [5, 5.41) is 2.56. The van der Waals surface area contributed by atoms with E-state index in [1.54, 1.807) is 7.05 Å². The van der Waals surface area contributed by atoms with E-state index in [-0.39, 0.29) is 5.91 Å². The van der Waals surface area contributed by atoms with Crippen molar-refractivity contribution >= 4 is 11.6 Å². The predicted octanol–water partition coefficient (Wildman–Crippen LogP) is 0.866. The Kier molecular flexibility index (Phi) is 2.90. The molecule has 0 atom stereocenters. The number of nitrogen functional groups attached to an aromatic ring is 1. The van der Waals surface area contributed by atoms with Gasteiger partial charge in [-0.25, -0.2) is 0 Å². The van der Waals surface area contributed by atoms with Crippen LogP contribution in [-0.2, 0) is 11.2 Å². The Balaban J connectivity index is 2.83. The highest BCUT2D eigenvalue weighted by molar-refractivity contribution is 5.79. The zero-order valence-corrected chi connectivity index (χ0v) is 7.92. The third-order valence-corrected chi connectivity index (χ3v) is 1.93. The molecular weight excluding hydrogens is 164 g/mol. The van der Waals surface area contributed by atoms with E-state index in [2.05, 4.69) is 5.32 Å². The van der Waals surface area contributed by atoms with Gasteiger partial charge < -0.3 is 11.1 Å². The van der Waals surface area contributed by atoms with Crippen molar-refractivity contribution in [1.29, 1.82) is 0 Å². The van der Waals surface area contributed by atoms with Gasteiger partial charge in [-0.15, -0.1) is 0 Å². The first kappa shape index (κ1) is 9.58. The number of nitrogens with one attached hydrogen (secondary N) is 1. The monoisotopic (exact) mass is 178 g/mol. The molecule has 0 heterocycles. The van der Waals surface area contributed by atoms with Gasteiger partial charge in [0.05, 0.1) is 6.42 Å². The molecule has 0 bridgehead atoms. The van der Waals surface area contributed by atoms with Crippen molar-refractivity contribution in [2.45, 2.75) is 13.3 Å². The molecule has 3 N–H and O–H groups in total. The Morgan fingerprint density at radius 2 is 2.23 bits per heavy atom. The summed E-state index contributed by atoms with van der Waals surface area (Å²) in [5.41, 5.74) is 8.42. The van der Waals surface area contributed by atoms with Crippen LogP contribution in [0.5, 0.6) is 0 Å². The van der Waals surface area contributed by atoms with Gasteiger partial charge in [0.2, 0.25) is 5.91 Å². The molecule has 0 spiro atoms. The van der Waals surface area contributed by atoms with Crippen LogP contribution in [0.2, 0.25) is 0 Å². The lowest BCUT2D eigenvalue weighted by Gasteiger charge is -2.05. The first-order chi connectivity index (χ1) is 6.13. The molecular formula is C10H14N2O. The van der Waals surface area contributed by atoms with Crippen LogP contribution in [0, 0.1) is 6.92 Å². The normalized spacial score (nSPS) is 9.69. The molecule has 0 aliphatic rings. The number of benzene rings is 1. The third kappa shape index (κ3) is 2.47. The van der Waals surface area contributed by atoms with E-state index in [1.165, 1.54) is 0 Å². The number of aryl methyl sites for hydroxylation is 1. The third-order valence-electron chi connectivity index (χ3n) is 1.93. The lowest BCUT2D eigenvalue weighted by atomic mass is 10.1. The van der Waals surface area contributed by atoms with E-state index in [1.807, 2.05) is 25.1 Å². The summed E-state index contributed by atoms with van der Waals surface area (Å²) in [6.45, 7) is 1.97. The molecule has 0 unspecified atom stereocenters. The summed E-state index contributed by atoms with van der Waals surface area (Å²) < 4.78 is 0. The van der Waals surface area contributed by atoms with E-state index in [4.69, 9.17) is 5.73 Å². The summed E-state index contributed by atoms with van der Waals surface area (Å²) in [4.78, 5) is 11.1. The summed E-state index contributed by atoms with van der Waals surface area (Å²) in [7, 11) is 1.62. The van der Waals surface area contributed by atoms with Crippen LogP contribution in [0.1, 0.15) is 11.1 Å². The molecule has 0 saturated carbocycles.